The zero-order chi connectivity index (χ0) is 18.5. The van der Waals surface area contributed by atoms with Crippen molar-refractivity contribution in [2.75, 3.05) is 30.4 Å². The van der Waals surface area contributed by atoms with Gasteiger partial charge in [0.25, 0.3) is 5.91 Å². The number of amides is 1. The fraction of sp³-hybridized carbons (Fsp3) is 0.176. The minimum Gasteiger partial charge on any atom is -0.395 e. The normalized spacial score (nSPS) is 10.6. The Morgan fingerprint density at radius 1 is 1.27 bits per heavy atom. The summed E-state index contributed by atoms with van der Waals surface area (Å²) >= 11 is 1.30. The summed E-state index contributed by atoms with van der Waals surface area (Å²) in [6.45, 7) is 0.379. The van der Waals surface area contributed by atoms with E-state index in [1.54, 1.807) is 18.5 Å². The summed E-state index contributed by atoms with van der Waals surface area (Å²) in [7, 11) is 1.61. The Kier molecular flexibility index (Phi) is 5.49. The van der Waals surface area contributed by atoms with Gasteiger partial charge in [-0.1, -0.05) is 0 Å². The summed E-state index contributed by atoms with van der Waals surface area (Å²) < 4.78 is 13.0. The van der Waals surface area contributed by atoms with E-state index in [4.69, 9.17) is 5.11 Å². The van der Waals surface area contributed by atoms with Crippen LogP contribution in [0.5, 0.6) is 0 Å². The molecule has 7 nitrogen and oxygen atoms in total. The van der Waals surface area contributed by atoms with Crippen molar-refractivity contribution >= 4 is 28.2 Å². The lowest BCUT2D eigenvalue weighted by molar-refractivity contribution is 0.0993. The SMILES string of the molecule is CN(C(=O)c1ccc(F)cc1)c1nc(-c2cc(NCCO)ncn2)cs1. The topological polar surface area (TPSA) is 91.2 Å². The maximum atomic E-state index is 13.0. The maximum Gasteiger partial charge on any atom is 0.259 e. The van der Waals surface area contributed by atoms with Crippen LogP contribution in [-0.4, -0.2) is 46.2 Å². The average molecular weight is 373 g/mol. The Labute approximate surface area is 153 Å². The fourth-order valence-corrected chi connectivity index (χ4v) is 2.97. The van der Waals surface area contributed by atoms with E-state index in [2.05, 4.69) is 20.3 Å². The van der Waals surface area contributed by atoms with Gasteiger partial charge in [0.05, 0.1) is 12.3 Å². The number of nitrogens with zero attached hydrogens (tertiary/aromatic N) is 4. The van der Waals surface area contributed by atoms with Gasteiger partial charge in [0.15, 0.2) is 5.13 Å². The molecule has 0 aliphatic heterocycles. The Morgan fingerprint density at radius 3 is 2.77 bits per heavy atom. The number of benzene rings is 1. The van der Waals surface area contributed by atoms with Gasteiger partial charge in [-0.15, -0.1) is 11.3 Å². The molecule has 26 heavy (non-hydrogen) atoms. The number of nitrogens with one attached hydrogen (secondary N) is 1. The van der Waals surface area contributed by atoms with Crippen LogP contribution in [0.25, 0.3) is 11.4 Å². The molecule has 2 aromatic heterocycles. The number of carbonyl (C=O) groups is 1. The van der Waals surface area contributed by atoms with Crippen LogP contribution in [0, 0.1) is 5.82 Å². The van der Waals surface area contributed by atoms with Gasteiger partial charge >= 0.3 is 0 Å². The molecule has 1 amide bonds. The molecule has 1 aromatic carbocycles. The van der Waals surface area contributed by atoms with Crippen LogP contribution in [0.3, 0.4) is 0 Å². The molecule has 3 aromatic rings. The summed E-state index contributed by atoms with van der Waals surface area (Å²) in [4.78, 5) is 26.6. The number of aliphatic hydroxyl groups is 1. The molecule has 134 valence electrons. The minimum atomic E-state index is -0.393. The van der Waals surface area contributed by atoms with E-state index >= 15 is 0 Å². The summed E-state index contributed by atoms with van der Waals surface area (Å²) in [6.07, 6.45) is 1.40. The summed E-state index contributed by atoms with van der Waals surface area (Å²) in [5, 5.41) is 14.1. The van der Waals surface area contributed by atoms with Crippen LogP contribution in [0.15, 0.2) is 42.0 Å². The first kappa shape index (κ1) is 17.9. The van der Waals surface area contributed by atoms with Crippen molar-refractivity contribution in [1.82, 2.24) is 15.0 Å². The Hall–Kier alpha value is -2.91. The monoisotopic (exact) mass is 373 g/mol. The second kappa shape index (κ2) is 7.98. The van der Waals surface area contributed by atoms with Crippen LogP contribution in [0.2, 0.25) is 0 Å². The van der Waals surface area contributed by atoms with Gasteiger partial charge in [0, 0.05) is 30.6 Å². The highest BCUT2D eigenvalue weighted by Crippen LogP contribution is 2.27. The lowest BCUT2D eigenvalue weighted by atomic mass is 10.2. The predicted molar refractivity (Wildman–Crippen MR) is 97.8 cm³/mol. The largest absolute Gasteiger partial charge is 0.395 e. The third-order valence-electron chi connectivity index (χ3n) is 3.52. The zero-order valence-corrected chi connectivity index (χ0v) is 14.7. The van der Waals surface area contributed by atoms with Crippen LogP contribution < -0.4 is 10.2 Å². The van der Waals surface area contributed by atoms with Crippen LogP contribution in [-0.2, 0) is 0 Å². The van der Waals surface area contributed by atoms with E-state index in [0.29, 0.717) is 34.4 Å². The van der Waals surface area contributed by atoms with Gasteiger partial charge in [0.2, 0.25) is 0 Å². The van der Waals surface area contributed by atoms with E-state index in [9.17, 15) is 9.18 Å². The third-order valence-corrected chi connectivity index (χ3v) is 4.44. The van der Waals surface area contributed by atoms with Crippen molar-refractivity contribution in [3.63, 3.8) is 0 Å². The highest BCUT2D eigenvalue weighted by atomic mass is 32.1. The van der Waals surface area contributed by atoms with Gasteiger partial charge in [0.1, 0.15) is 23.7 Å². The first-order valence-electron chi connectivity index (χ1n) is 7.75. The molecule has 0 saturated heterocycles. The molecule has 0 fully saturated rings. The lowest BCUT2D eigenvalue weighted by Crippen LogP contribution is -2.26. The molecular formula is C17H16FN5O2S. The number of hydrogen-bond acceptors (Lipinski definition) is 7. The van der Waals surface area contributed by atoms with Crippen LogP contribution in [0.4, 0.5) is 15.3 Å². The van der Waals surface area contributed by atoms with Gasteiger partial charge in [-0.05, 0) is 24.3 Å². The molecule has 9 heteroatoms. The number of hydrogen-bond donors (Lipinski definition) is 2. The number of aliphatic hydroxyl groups excluding tert-OH is 1. The molecule has 2 N–H and O–H groups in total. The highest BCUT2D eigenvalue weighted by molar-refractivity contribution is 7.14. The van der Waals surface area contributed by atoms with Crippen molar-refractivity contribution < 1.29 is 14.3 Å². The molecule has 0 bridgehead atoms. The van der Waals surface area contributed by atoms with E-state index < -0.39 is 5.82 Å². The van der Waals surface area contributed by atoms with Gasteiger partial charge in [-0.3, -0.25) is 9.69 Å². The first-order chi connectivity index (χ1) is 12.6. The van der Waals surface area contributed by atoms with Gasteiger partial charge in [-0.2, -0.15) is 0 Å². The molecule has 0 saturated carbocycles. The second-order valence-corrected chi connectivity index (χ2v) is 6.16. The van der Waals surface area contributed by atoms with E-state index in [1.807, 2.05) is 0 Å². The average Bonchev–Trinajstić information content (AvgIpc) is 3.16. The van der Waals surface area contributed by atoms with E-state index in [1.165, 1.54) is 46.8 Å². The van der Waals surface area contributed by atoms with Crippen molar-refractivity contribution in [3.05, 3.63) is 53.4 Å². The van der Waals surface area contributed by atoms with E-state index in [-0.39, 0.29) is 12.5 Å². The Morgan fingerprint density at radius 2 is 2.04 bits per heavy atom. The number of aromatic nitrogens is 3. The maximum absolute atomic E-state index is 13.0. The summed E-state index contributed by atoms with van der Waals surface area (Å²) in [5.41, 5.74) is 1.59. The van der Waals surface area contributed by atoms with Crippen molar-refractivity contribution in [1.29, 1.82) is 0 Å². The number of rotatable bonds is 6. The molecule has 0 radical (unpaired) electrons. The summed E-state index contributed by atoms with van der Waals surface area (Å²) in [5.74, 6) is -0.0941. The molecular weight excluding hydrogens is 357 g/mol. The molecule has 0 atom stereocenters. The fourth-order valence-electron chi connectivity index (χ4n) is 2.19. The molecule has 0 aliphatic rings. The highest BCUT2D eigenvalue weighted by Gasteiger charge is 2.17. The lowest BCUT2D eigenvalue weighted by Gasteiger charge is -2.13. The van der Waals surface area contributed by atoms with Crippen molar-refractivity contribution in [2.24, 2.45) is 0 Å². The number of anilines is 2. The minimum absolute atomic E-state index is 0.00349. The number of carbonyl (C=O) groups excluding carboxylic acids is 1. The number of thiazole rings is 1. The first-order valence-corrected chi connectivity index (χ1v) is 8.63. The second-order valence-electron chi connectivity index (χ2n) is 5.33. The van der Waals surface area contributed by atoms with Crippen LogP contribution in [0.1, 0.15) is 10.4 Å². The predicted octanol–water partition coefficient (Wildman–Crippen LogP) is 2.42. The zero-order valence-electron chi connectivity index (χ0n) is 13.9. The molecule has 0 unspecified atom stereocenters. The molecule has 0 aliphatic carbocycles. The van der Waals surface area contributed by atoms with Crippen molar-refractivity contribution in [2.45, 2.75) is 0 Å². The van der Waals surface area contributed by atoms with Crippen molar-refractivity contribution in [3.8, 4) is 11.4 Å². The standard InChI is InChI=1S/C17H16FN5O2S/c1-23(16(25)11-2-4-12(18)5-3-11)17-22-14(9-26-17)13-8-15(19-6-7-24)21-10-20-13/h2-5,8-10,24H,6-7H2,1H3,(H,19,20,21). The van der Waals surface area contributed by atoms with Crippen LogP contribution >= 0.6 is 11.3 Å². The Balaban J connectivity index is 1.78. The van der Waals surface area contributed by atoms with Gasteiger partial charge in [-0.25, -0.2) is 19.3 Å². The quantitative estimate of drug-likeness (QED) is 0.690. The summed E-state index contributed by atoms with van der Waals surface area (Å²) in [6, 6.07) is 7.08. The molecule has 3 rings (SSSR count). The molecule has 0 spiro atoms. The van der Waals surface area contributed by atoms with E-state index in [0.717, 1.165) is 0 Å². The number of halogens is 1. The Bertz CT molecular complexity index is 900. The smallest absolute Gasteiger partial charge is 0.259 e. The molecule has 2 heterocycles. The third kappa shape index (κ3) is 4.01. The van der Waals surface area contributed by atoms with Gasteiger partial charge < -0.3 is 10.4 Å².